The Balaban J connectivity index is 2.18. The zero-order valence-electron chi connectivity index (χ0n) is 14.6. The number of rotatable bonds is 7. The van der Waals surface area contributed by atoms with Crippen LogP contribution in [-0.2, 0) is 26.8 Å². The van der Waals surface area contributed by atoms with Crippen LogP contribution in [0.2, 0.25) is 0 Å². The summed E-state index contributed by atoms with van der Waals surface area (Å²) in [4.78, 5) is 12.9. The summed E-state index contributed by atoms with van der Waals surface area (Å²) >= 11 is 1.48. The fraction of sp³-hybridized carbons (Fsp3) is 0.214. The highest BCUT2D eigenvalue weighted by Gasteiger charge is 2.20. The lowest BCUT2D eigenvalue weighted by Gasteiger charge is -2.13. The van der Waals surface area contributed by atoms with Gasteiger partial charge in [0.2, 0.25) is 5.88 Å². The minimum absolute atomic E-state index is 0.0724. The quantitative estimate of drug-likeness (QED) is 0.498. The second-order valence-electron chi connectivity index (χ2n) is 5.61. The summed E-state index contributed by atoms with van der Waals surface area (Å²) in [5, 5.41) is 4.98. The van der Waals surface area contributed by atoms with Gasteiger partial charge in [-0.05, 0) is 11.4 Å². The number of nitrogen functional groups attached to an aromatic ring is 1. The van der Waals surface area contributed by atoms with Crippen molar-refractivity contribution in [3.8, 4) is 11.9 Å². The second kappa shape index (κ2) is 7.37. The van der Waals surface area contributed by atoms with Crippen LogP contribution < -0.4 is 19.4 Å². The SMILES string of the molecule is CS(=O)(=O)Oc1nc(NCc2cccs2)c2c(OS(C)(=O)=O)nc(N)cc2n1. The van der Waals surface area contributed by atoms with E-state index in [0.29, 0.717) is 6.54 Å². The molecule has 3 heterocycles. The third-order valence-electron chi connectivity index (χ3n) is 3.11. The lowest BCUT2D eigenvalue weighted by molar-refractivity contribution is 0.472. The van der Waals surface area contributed by atoms with Crippen LogP contribution >= 0.6 is 11.3 Å². The minimum atomic E-state index is -3.93. The molecule has 0 radical (unpaired) electrons. The Morgan fingerprint density at radius 3 is 2.43 bits per heavy atom. The van der Waals surface area contributed by atoms with E-state index in [1.54, 1.807) is 0 Å². The van der Waals surface area contributed by atoms with Crippen molar-refractivity contribution in [3.63, 3.8) is 0 Å². The van der Waals surface area contributed by atoms with E-state index >= 15 is 0 Å². The largest absolute Gasteiger partial charge is 0.384 e. The molecule has 0 amide bonds. The predicted molar refractivity (Wildman–Crippen MR) is 104 cm³/mol. The molecule has 14 heteroatoms. The second-order valence-corrected chi connectivity index (χ2v) is 9.79. The van der Waals surface area contributed by atoms with Crippen molar-refractivity contribution in [2.75, 3.05) is 23.6 Å². The number of nitrogens with zero attached hydrogens (tertiary/aromatic N) is 3. The van der Waals surface area contributed by atoms with Gasteiger partial charge in [0.15, 0.2) is 0 Å². The summed E-state index contributed by atoms with van der Waals surface area (Å²) in [5.74, 6) is -0.348. The zero-order valence-corrected chi connectivity index (χ0v) is 17.1. The van der Waals surface area contributed by atoms with E-state index in [0.717, 1.165) is 17.4 Å². The maximum Gasteiger partial charge on any atom is 0.335 e. The topological polar surface area (TPSA) is 163 Å². The lowest BCUT2D eigenvalue weighted by atomic mass is 10.2. The Bertz CT molecular complexity index is 1230. The van der Waals surface area contributed by atoms with Crippen molar-refractivity contribution in [1.82, 2.24) is 15.0 Å². The zero-order chi connectivity index (χ0) is 20.5. The molecule has 0 saturated carbocycles. The Hall–Kier alpha value is -2.71. The number of pyridine rings is 1. The molecule has 0 aliphatic carbocycles. The molecule has 0 bridgehead atoms. The summed E-state index contributed by atoms with van der Waals surface area (Å²) in [6.07, 6.45) is 1.70. The molecule has 0 aliphatic rings. The molecule has 3 aromatic rings. The number of fused-ring (bicyclic) bond motifs is 1. The fourth-order valence-electron chi connectivity index (χ4n) is 2.21. The molecule has 0 aliphatic heterocycles. The van der Waals surface area contributed by atoms with E-state index in [-0.39, 0.29) is 28.4 Å². The summed E-state index contributed by atoms with van der Waals surface area (Å²) < 4.78 is 55.8. The van der Waals surface area contributed by atoms with Gasteiger partial charge in [-0.15, -0.1) is 11.3 Å². The van der Waals surface area contributed by atoms with Gasteiger partial charge in [0.1, 0.15) is 17.0 Å². The highest BCUT2D eigenvalue weighted by Crippen LogP contribution is 2.33. The van der Waals surface area contributed by atoms with Gasteiger partial charge in [0, 0.05) is 10.9 Å². The van der Waals surface area contributed by atoms with E-state index in [1.807, 2.05) is 17.5 Å². The van der Waals surface area contributed by atoms with E-state index in [2.05, 4.69) is 20.3 Å². The van der Waals surface area contributed by atoms with Crippen LogP contribution in [0, 0.1) is 0 Å². The molecule has 0 aromatic carbocycles. The first kappa shape index (κ1) is 20.0. The predicted octanol–water partition coefficient (Wildman–Crippen LogP) is 0.957. The molecule has 3 aromatic heterocycles. The standard InChI is InChI=1S/C14H15N5O6S3/c1-27(20,21)24-13-11-9(6-10(15)18-13)17-14(25-28(2,22)23)19-12(11)16-7-8-4-3-5-26-8/h3-6H,7H2,1-2H3,(H2,15,18)(H,16,17,19). The van der Waals surface area contributed by atoms with Gasteiger partial charge in [-0.2, -0.15) is 31.8 Å². The number of thiophene rings is 1. The molecule has 3 N–H and O–H groups in total. The third-order valence-corrected chi connectivity index (χ3v) is 4.90. The van der Waals surface area contributed by atoms with E-state index in [4.69, 9.17) is 14.1 Å². The van der Waals surface area contributed by atoms with Crippen molar-refractivity contribution < 1.29 is 25.2 Å². The number of aromatic nitrogens is 3. The van der Waals surface area contributed by atoms with Crippen molar-refractivity contribution in [2.45, 2.75) is 6.54 Å². The van der Waals surface area contributed by atoms with Gasteiger partial charge in [-0.1, -0.05) is 6.07 Å². The molecule has 3 rings (SSSR count). The average Bonchev–Trinajstić information content (AvgIpc) is 3.01. The molecule has 0 atom stereocenters. The van der Waals surface area contributed by atoms with Crippen LogP contribution in [0.4, 0.5) is 11.6 Å². The van der Waals surface area contributed by atoms with Gasteiger partial charge < -0.3 is 19.4 Å². The molecular formula is C14H15N5O6S3. The minimum Gasteiger partial charge on any atom is -0.384 e. The first-order valence-corrected chi connectivity index (χ1v) is 12.0. The van der Waals surface area contributed by atoms with Crippen LogP contribution in [0.1, 0.15) is 4.88 Å². The molecule has 11 nitrogen and oxygen atoms in total. The fourth-order valence-corrected chi connectivity index (χ4v) is 3.60. The third kappa shape index (κ3) is 5.17. The molecule has 0 unspecified atom stereocenters. The average molecular weight is 446 g/mol. The van der Waals surface area contributed by atoms with Gasteiger partial charge in [-0.25, -0.2) is 0 Å². The van der Waals surface area contributed by atoms with Crippen molar-refractivity contribution in [3.05, 3.63) is 28.5 Å². The molecule has 0 spiro atoms. The van der Waals surface area contributed by atoms with Crippen LogP contribution in [0.5, 0.6) is 11.9 Å². The van der Waals surface area contributed by atoms with Gasteiger partial charge in [0.25, 0.3) is 0 Å². The van der Waals surface area contributed by atoms with Gasteiger partial charge in [0.05, 0.1) is 24.6 Å². The Labute approximate surface area is 164 Å². The molecule has 0 saturated heterocycles. The van der Waals surface area contributed by atoms with Crippen LogP contribution in [0.3, 0.4) is 0 Å². The van der Waals surface area contributed by atoms with E-state index < -0.39 is 26.2 Å². The monoisotopic (exact) mass is 445 g/mol. The Kier molecular flexibility index (Phi) is 5.27. The number of hydrogen-bond acceptors (Lipinski definition) is 12. The maximum absolute atomic E-state index is 11.6. The molecule has 0 fully saturated rings. The number of anilines is 2. The van der Waals surface area contributed by atoms with E-state index in [9.17, 15) is 16.8 Å². The first-order chi connectivity index (χ1) is 13.0. The van der Waals surface area contributed by atoms with Crippen molar-refractivity contribution in [1.29, 1.82) is 0 Å². The summed E-state index contributed by atoms with van der Waals surface area (Å²) in [6, 6.07) is 4.59. The van der Waals surface area contributed by atoms with Crippen molar-refractivity contribution >= 4 is 54.1 Å². The van der Waals surface area contributed by atoms with Crippen LogP contribution in [0.15, 0.2) is 23.6 Å². The highest BCUT2D eigenvalue weighted by atomic mass is 32.2. The number of nitrogens with one attached hydrogen (secondary N) is 1. The number of nitrogens with two attached hydrogens (primary N) is 1. The Morgan fingerprint density at radius 1 is 1.11 bits per heavy atom. The van der Waals surface area contributed by atoms with Gasteiger partial charge >= 0.3 is 26.2 Å². The lowest BCUT2D eigenvalue weighted by Crippen LogP contribution is -2.13. The van der Waals surface area contributed by atoms with E-state index in [1.165, 1.54) is 17.4 Å². The van der Waals surface area contributed by atoms with Gasteiger partial charge in [-0.3, -0.25) is 0 Å². The summed E-state index contributed by atoms with van der Waals surface area (Å²) in [7, 11) is -7.82. The number of hydrogen-bond donors (Lipinski definition) is 2. The maximum atomic E-state index is 11.6. The van der Waals surface area contributed by atoms with Crippen LogP contribution in [-0.4, -0.2) is 44.3 Å². The normalized spacial score (nSPS) is 12.1. The molecular weight excluding hydrogens is 430 g/mol. The molecule has 150 valence electrons. The summed E-state index contributed by atoms with van der Waals surface area (Å²) in [5.41, 5.74) is 5.79. The van der Waals surface area contributed by atoms with Crippen LogP contribution in [0.25, 0.3) is 10.9 Å². The first-order valence-electron chi connectivity index (χ1n) is 7.53. The highest BCUT2D eigenvalue weighted by molar-refractivity contribution is 7.86. The summed E-state index contributed by atoms with van der Waals surface area (Å²) in [6.45, 7) is 0.324. The Morgan fingerprint density at radius 2 is 1.82 bits per heavy atom. The van der Waals surface area contributed by atoms with Crippen molar-refractivity contribution in [2.24, 2.45) is 0 Å². The molecule has 28 heavy (non-hydrogen) atoms. The smallest absolute Gasteiger partial charge is 0.335 e.